The maximum Gasteiger partial charge on any atom is 0.337 e. The maximum absolute atomic E-state index is 12.9. The predicted molar refractivity (Wildman–Crippen MR) is 157 cm³/mol. The van der Waals surface area contributed by atoms with Gasteiger partial charge in [0.25, 0.3) is 5.91 Å². The number of hydrogen-bond donors (Lipinski definition) is 3. The molecule has 204 valence electrons. The molecule has 5 rings (SSSR count). The average molecular weight is 538 g/mol. The Bertz CT molecular complexity index is 1730. The van der Waals surface area contributed by atoms with Crippen molar-refractivity contribution in [1.29, 1.82) is 0 Å². The number of H-pyrrole nitrogens is 2. The number of amides is 1. The third kappa shape index (κ3) is 5.32. The number of carbonyl (C=O) groups excluding carboxylic acids is 2. The second-order valence-electron chi connectivity index (χ2n) is 9.92. The van der Waals surface area contributed by atoms with Crippen LogP contribution in [-0.4, -0.2) is 83.8 Å². The Balaban J connectivity index is 1.58. The fourth-order valence-electron chi connectivity index (χ4n) is 4.61. The summed E-state index contributed by atoms with van der Waals surface area (Å²) < 4.78 is 4.85. The zero-order chi connectivity index (χ0) is 28.4. The highest BCUT2D eigenvalue weighted by molar-refractivity contribution is 6.22. The van der Waals surface area contributed by atoms with Gasteiger partial charge in [-0.2, -0.15) is 0 Å². The molecule has 40 heavy (non-hydrogen) atoms. The van der Waals surface area contributed by atoms with E-state index in [2.05, 4.69) is 9.97 Å². The number of nitrogens with zero attached hydrogens (tertiary/aromatic N) is 3. The van der Waals surface area contributed by atoms with E-state index >= 15 is 0 Å². The van der Waals surface area contributed by atoms with Gasteiger partial charge in [0.1, 0.15) is 0 Å². The van der Waals surface area contributed by atoms with Crippen LogP contribution >= 0.6 is 0 Å². The molecule has 0 saturated carbocycles. The fourth-order valence-corrected chi connectivity index (χ4v) is 4.61. The highest BCUT2D eigenvalue weighted by Gasteiger charge is 2.21. The molecule has 5 aromatic rings. The number of rotatable bonds is 8. The molecule has 0 aliphatic heterocycles. The zero-order valence-electron chi connectivity index (χ0n) is 22.9. The lowest BCUT2D eigenvalue weighted by Crippen LogP contribution is -2.33. The summed E-state index contributed by atoms with van der Waals surface area (Å²) in [7, 11) is 7.06. The molecule has 3 N–H and O–H groups in total. The molecule has 9 heteroatoms. The van der Waals surface area contributed by atoms with E-state index in [9.17, 15) is 14.7 Å². The summed E-state index contributed by atoms with van der Waals surface area (Å²) in [6, 6.07) is 20.1. The third-order valence-electron chi connectivity index (χ3n) is 6.85. The Labute approximate surface area is 231 Å². The SMILES string of the molecule is COC(=O)c1ccc2c(C(=Nc3ccc(C(=O)N(C)CCN(C)C)cc3)c3ccc4[nH]ccc4c3)c(O)[nH]c2c1. The molecule has 9 nitrogen and oxygen atoms in total. The minimum absolute atomic E-state index is 0.0637. The predicted octanol–water partition coefficient (Wildman–Crippen LogP) is 4.94. The van der Waals surface area contributed by atoms with Crippen molar-refractivity contribution in [3.05, 3.63) is 95.2 Å². The van der Waals surface area contributed by atoms with Gasteiger partial charge in [0.2, 0.25) is 0 Å². The summed E-state index contributed by atoms with van der Waals surface area (Å²) in [5.41, 5.74) is 4.96. The van der Waals surface area contributed by atoms with Crippen molar-refractivity contribution in [2.45, 2.75) is 0 Å². The van der Waals surface area contributed by atoms with Gasteiger partial charge in [0, 0.05) is 59.3 Å². The number of hydrogen-bond acceptors (Lipinski definition) is 6. The quantitative estimate of drug-likeness (QED) is 0.192. The molecule has 2 heterocycles. The van der Waals surface area contributed by atoms with Gasteiger partial charge in [-0.15, -0.1) is 0 Å². The van der Waals surface area contributed by atoms with E-state index in [0.29, 0.717) is 45.5 Å². The summed E-state index contributed by atoms with van der Waals surface area (Å²) in [6.45, 7) is 1.39. The largest absolute Gasteiger partial charge is 0.494 e. The molecular formula is C31H31N5O4. The molecule has 0 bridgehead atoms. The number of aliphatic imine (C=N–C) groups is 1. The number of aromatic hydroxyl groups is 1. The van der Waals surface area contributed by atoms with Crippen LogP contribution in [0.5, 0.6) is 5.88 Å². The number of benzene rings is 3. The van der Waals surface area contributed by atoms with E-state index in [-0.39, 0.29) is 11.8 Å². The molecule has 3 aromatic carbocycles. The summed E-state index contributed by atoms with van der Waals surface area (Å²) in [6.07, 6.45) is 1.87. The summed E-state index contributed by atoms with van der Waals surface area (Å²) >= 11 is 0. The van der Waals surface area contributed by atoms with Crippen molar-refractivity contribution in [3.8, 4) is 5.88 Å². The minimum Gasteiger partial charge on any atom is -0.494 e. The van der Waals surface area contributed by atoms with Crippen LogP contribution in [0.25, 0.3) is 21.8 Å². The molecule has 1 amide bonds. The fraction of sp³-hybridized carbons (Fsp3) is 0.194. The van der Waals surface area contributed by atoms with E-state index < -0.39 is 5.97 Å². The number of ether oxygens (including phenoxy) is 1. The number of likely N-dealkylation sites (N-methyl/N-ethyl adjacent to an activating group) is 2. The first-order valence-electron chi connectivity index (χ1n) is 12.8. The Morgan fingerprint density at radius 1 is 0.875 bits per heavy atom. The zero-order valence-corrected chi connectivity index (χ0v) is 22.9. The van der Waals surface area contributed by atoms with Crippen LogP contribution in [0.15, 0.2) is 77.9 Å². The highest BCUT2D eigenvalue weighted by atomic mass is 16.5. The first kappa shape index (κ1) is 26.7. The van der Waals surface area contributed by atoms with Gasteiger partial charge in [-0.1, -0.05) is 12.1 Å². The Hall–Kier alpha value is -4.89. The lowest BCUT2D eigenvalue weighted by atomic mass is 9.99. The average Bonchev–Trinajstić information content (AvgIpc) is 3.56. The van der Waals surface area contributed by atoms with Crippen LogP contribution in [0.2, 0.25) is 0 Å². The van der Waals surface area contributed by atoms with Gasteiger partial charge in [0.15, 0.2) is 5.88 Å². The molecule has 0 spiro atoms. The molecule has 0 radical (unpaired) electrons. The monoisotopic (exact) mass is 537 g/mol. The van der Waals surface area contributed by atoms with Crippen LogP contribution in [0, 0.1) is 0 Å². The van der Waals surface area contributed by atoms with Gasteiger partial charge in [-0.25, -0.2) is 9.79 Å². The normalized spacial score (nSPS) is 11.9. The van der Waals surface area contributed by atoms with Gasteiger partial charge < -0.3 is 29.6 Å². The molecule has 0 aliphatic carbocycles. The molecule has 2 aromatic heterocycles. The minimum atomic E-state index is -0.466. The van der Waals surface area contributed by atoms with E-state index in [1.54, 1.807) is 54.4 Å². The van der Waals surface area contributed by atoms with Crippen molar-refractivity contribution < 1.29 is 19.4 Å². The highest BCUT2D eigenvalue weighted by Crippen LogP contribution is 2.33. The van der Waals surface area contributed by atoms with Crippen LogP contribution < -0.4 is 0 Å². The molecule has 0 aliphatic rings. The molecular weight excluding hydrogens is 506 g/mol. The number of methoxy groups -OCH3 is 1. The van der Waals surface area contributed by atoms with E-state index in [0.717, 1.165) is 23.0 Å². The summed E-state index contributed by atoms with van der Waals surface area (Å²) in [5.74, 6) is -0.600. The lowest BCUT2D eigenvalue weighted by molar-refractivity contribution is 0.0600. The second-order valence-corrected chi connectivity index (χ2v) is 9.92. The number of aromatic nitrogens is 2. The van der Waals surface area contributed by atoms with E-state index in [4.69, 9.17) is 9.73 Å². The molecule has 0 fully saturated rings. The second kappa shape index (κ2) is 11.1. The Morgan fingerprint density at radius 2 is 1.60 bits per heavy atom. The Kier molecular flexibility index (Phi) is 7.39. The lowest BCUT2D eigenvalue weighted by Gasteiger charge is -2.19. The molecule has 0 unspecified atom stereocenters. The topological polar surface area (TPSA) is 114 Å². The number of nitrogens with one attached hydrogen (secondary N) is 2. The van der Waals surface area contributed by atoms with Crippen molar-refractivity contribution in [1.82, 2.24) is 19.8 Å². The van der Waals surface area contributed by atoms with Crippen LogP contribution in [-0.2, 0) is 4.74 Å². The number of carbonyl (C=O) groups is 2. The number of esters is 1. The van der Waals surface area contributed by atoms with Crippen LogP contribution in [0.3, 0.4) is 0 Å². The van der Waals surface area contributed by atoms with E-state index in [1.165, 1.54) is 7.11 Å². The van der Waals surface area contributed by atoms with Crippen molar-refractivity contribution in [2.75, 3.05) is 41.3 Å². The first-order chi connectivity index (χ1) is 19.2. The number of fused-ring (bicyclic) bond motifs is 2. The van der Waals surface area contributed by atoms with Crippen molar-refractivity contribution >= 4 is 45.1 Å². The van der Waals surface area contributed by atoms with Crippen LogP contribution in [0.1, 0.15) is 31.8 Å². The molecule has 0 atom stereocenters. The van der Waals surface area contributed by atoms with Crippen molar-refractivity contribution in [2.24, 2.45) is 4.99 Å². The summed E-state index contributed by atoms with van der Waals surface area (Å²) in [5, 5.41) is 12.8. The Morgan fingerprint density at radius 3 is 2.33 bits per heavy atom. The van der Waals surface area contributed by atoms with Gasteiger partial charge in [-0.3, -0.25) is 4.79 Å². The molecule has 0 saturated heterocycles. The number of aromatic amines is 2. The van der Waals surface area contributed by atoms with Gasteiger partial charge >= 0.3 is 5.97 Å². The van der Waals surface area contributed by atoms with Gasteiger partial charge in [0.05, 0.1) is 29.6 Å². The standard InChI is InChI=1S/C31H31N5O4/c1-35(2)15-16-36(3)30(38)19-5-9-23(10-6-19)33-28(21-8-12-25-20(17-21)13-14-32-25)27-24-11-7-22(31(39)40-4)18-26(24)34-29(27)37/h5-14,17-18,32,34,37H,15-16H2,1-4H3. The van der Waals surface area contributed by atoms with Crippen LogP contribution in [0.4, 0.5) is 5.69 Å². The maximum atomic E-state index is 12.9. The first-order valence-corrected chi connectivity index (χ1v) is 12.8. The van der Waals surface area contributed by atoms with Crippen molar-refractivity contribution in [3.63, 3.8) is 0 Å². The third-order valence-corrected chi connectivity index (χ3v) is 6.85. The van der Waals surface area contributed by atoms with E-state index in [1.807, 2.05) is 49.5 Å². The smallest absolute Gasteiger partial charge is 0.337 e. The van der Waals surface area contributed by atoms with Gasteiger partial charge in [-0.05, 0) is 68.7 Å². The summed E-state index contributed by atoms with van der Waals surface area (Å²) in [4.78, 5) is 39.8.